The SMILES string of the molecule is CC(C)Oc1cnc(CN2CCCCC2)cn1. The minimum absolute atomic E-state index is 0.150. The Morgan fingerprint density at radius 2 is 1.94 bits per heavy atom. The molecule has 0 spiro atoms. The summed E-state index contributed by atoms with van der Waals surface area (Å²) in [4.78, 5) is 11.1. The molecule has 0 aliphatic carbocycles. The molecule has 0 bridgehead atoms. The van der Waals surface area contributed by atoms with E-state index in [1.54, 1.807) is 6.20 Å². The Kier molecular flexibility index (Phi) is 4.31. The summed E-state index contributed by atoms with van der Waals surface area (Å²) in [6, 6.07) is 0. The van der Waals surface area contributed by atoms with Crippen LogP contribution in [0, 0.1) is 0 Å². The molecule has 94 valence electrons. The Morgan fingerprint density at radius 1 is 1.18 bits per heavy atom. The zero-order valence-electron chi connectivity index (χ0n) is 10.7. The van der Waals surface area contributed by atoms with Gasteiger partial charge < -0.3 is 4.74 Å². The predicted molar refractivity (Wildman–Crippen MR) is 66.9 cm³/mol. The van der Waals surface area contributed by atoms with E-state index >= 15 is 0 Å². The third-order valence-corrected chi connectivity index (χ3v) is 2.87. The highest BCUT2D eigenvalue weighted by molar-refractivity contribution is 5.07. The van der Waals surface area contributed by atoms with E-state index in [4.69, 9.17) is 4.74 Å². The molecule has 0 N–H and O–H groups in total. The van der Waals surface area contributed by atoms with E-state index in [9.17, 15) is 0 Å². The number of rotatable bonds is 4. The first-order valence-corrected chi connectivity index (χ1v) is 6.44. The van der Waals surface area contributed by atoms with Crippen molar-refractivity contribution < 1.29 is 4.74 Å². The van der Waals surface area contributed by atoms with Crippen LogP contribution >= 0.6 is 0 Å². The van der Waals surface area contributed by atoms with Gasteiger partial charge in [-0.3, -0.25) is 9.88 Å². The molecule has 0 radical (unpaired) electrons. The normalized spacial score (nSPS) is 17.4. The van der Waals surface area contributed by atoms with Crippen molar-refractivity contribution in [1.82, 2.24) is 14.9 Å². The quantitative estimate of drug-likeness (QED) is 0.802. The van der Waals surface area contributed by atoms with Crippen LogP contribution in [-0.4, -0.2) is 34.1 Å². The first kappa shape index (κ1) is 12.3. The molecule has 17 heavy (non-hydrogen) atoms. The van der Waals surface area contributed by atoms with Crippen molar-refractivity contribution in [2.75, 3.05) is 13.1 Å². The molecule has 0 aromatic carbocycles. The second-order valence-electron chi connectivity index (χ2n) is 4.85. The topological polar surface area (TPSA) is 38.2 Å². The number of hydrogen-bond acceptors (Lipinski definition) is 4. The average molecular weight is 235 g/mol. The Balaban J connectivity index is 1.88. The molecule has 1 aromatic rings. The first-order chi connectivity index (χ1) is 8.24. The van der Waals surface area contributed by atoms with E-state index in [2.05, 4.69) is 14.9 Å². The summed E-state index contributed by atoms with van der Waals surface area (Å²) in [7, 11) is 0. The van der Waals surface area contributed by atoms with Gasteiger partial charge in [-0.25, -0.2) is 4.98 Å². The fourth-order valence-corrected chi connectivity index (χ4v) is 2.07. The molecule has 1 aliphatic rings. The van der Waals surface area contributed by atoms with Crippen LogP contribution in [0.5, 0.6) is 5.88 Å². The fourth-order valence-electron chi connectivity index (χ4n) is 2.07. The van der Waals surface area contributed by atoms with E-state index in [0.29, 0.717) is 5.88 Å². The standard InChI is InChI=1S/C13H21N3O/c1-11(2)17-13-9-14-12(8-15-13)10-16-6-4-3-5-7-16/h8-9,11H,3-7,10H2,1-2H3. The van der Waals surface area contributed by atoms with Crippen LogP contribution in [0.25, 0.3) is 0 Å². The lowest BCUT2D eigenvalue weighted by Gasteiger charge is -2.25. The molecule has 0 unspecified atom stereocenters. The zero-order valence-corrected chi connectivity index (χ0v) is 10.7. The van der Waals surface area contributed by atoms with E-state index in [0.717, 1.165) is 12.2 Å². The summed E-state index contributed by atoms with van der Waals surface area (Å²) in [5.41, 5.74) is 1.03. The van der Waals surface area contributed by atoms with Gasteiger partial charge in [0.25, 0.3) is 0 Å². The highest BCUT2D eigenvalue weighted by atomic mass is 16.5. The van der Waals surface area contributed by atoms with E-state index < -0.39 is 0 Å². The van der Waals surface area contributed by atoms with Crippen LogP contribution in [0.15, 0.2) is 12.4 Å². The van der Waals surface area contributed by atoms with Gasteiger partial charge >= 0.3 is 0 Å². The molecule has 0 amide bonds. The van der Waals surface area contributed by atoms with Crippen LogP contribution in [0.4, 0.5) is 0 Å². The molecule has 0 atom stereocenters. The smallest absolute Gasteiger partial charge is 0.232 e. The number of aromatic nitrogens is 2. The number of hydrogen-bond donors (Lipinski definition) is 0. The lowest BCUT2D eigenvalue weighted by molar-refractivity contribution is 0.215. The maximum Gasteiger partial charge on any atom is 0.232 e. The van der Waals surface area contributed by atoms with Gasteiger partial charge in [0.2, 0.25) is 5.88 Å². The maximum atomic E-state index is 5.47. The summed E-state index contributed by atoms with van der Waals surface area (Å²) in [5.74, 6) is 0.613. The summed E-state index contributed by atoms with van der Waals surface area (Å²) in [5, 5.41) is 0. The van der Waals surface area contributed by atoms with Crippen molar-refractivity contribution in [2.24, 2.45) is 0 Å². The van der Waals surface area contributed by atoms with Gasteiger partial charge in [0.1, 0.15) is 0 Å². The number of piperidine rings is 1. The van der Waals surface area contributed by atoms with Crippen molar-refractivity contribution in [3.8, 4) is 5.88 Å². The molecule has 4 nitrogen and oxygen atoms in total. The second-order valence-corrected chi connectivity index (χ2v) is 4.85. The molecule has 0 saturated carbocycles. The first-order valence-electron chi connectivity index (χ1n) is 6.44. The van der Waals surface area contributed by atoms with Gasteiger partial charge in [0.15, 0.2) is 0 Å². The largest absolute Gasteiger partial charge is 0.474 e. The molecule has 4 heteroatoms. The monoisotopic (exact) mass is 235 g/mol. The second kappa shape index (κ2) is 5.96. The van der Waals surface area contributed by atoms with Crippen LogP contribution < -0.4 is 4.74 Å². The van der Waals surface area contributed by atoms with Gasteiger partial charge in [-0.2, -0.15) is 0 Å². The van der Waals surface area contributed by atoms with Gasteiger partial charge in [-0.1, -0.05) is 6.42 Å². The van der Waals surface area contributed by atoms with Crippen molar-refractivity contribution >= 4 is 0 Å². The van der Waals surface area contributed by atoms with Crippen molar-refractivity contribution in [3.05, 3.63) is 18.1 Å². The van der Waals surface area contributed by atoms with E-state index in [1.165, 1.54) is 32.4 Å². The lowest BCUT2D eigenvalue weighted by Crippen LogP contribution is -2.29. The highest BCUT2D eigenvalue weighted by Crippen LogP contribution is 2.12. The molecular weight excluding hydrogens is 214 g/mol. The summed E-state index contributed by atoms with van der Waals surface area (Å²) in [6.45, 7) is 7.26. The molecule has 2 rings (SSSR count). The van der Waals surface area contributed by atoms with Gasteiger partial charge in [0, 0.05) is 6.54 Å². The average Bonchev–Trinajstić information content (AvgIpc) is 2.32. The van der Waals surface area contributed by atoms with Crippen molar-refractivity contribution in [3.63, 3.8) is 0 Å². The number of ether oxygens (including phenoxy) is 1. The van der Waals surface area contributed by atoms with Gasteiger partial charge in [-0.15, -0.1) is 0 Å². The van der Waals surface area contributed by atoms with Crippen molar-refractivity contribution in [1.29, 1.82) is 0 Å². The summed E-state index contributed by atoms with van der Waals surface area (Å²) < 4.78 is 5.47. The van der Waals surface area contributed by atoms with Gasteiger partial charge in [-0.05, 0) is 39.8 Å². The Morgan fingerprint density at radius 3 is 2.53 bits per heavy atom. The van der Waals surface area contributed by atoms with Crippen molar-refractivity contribution in [2.45, 2.75) is 45.8 Å². The van der Waals surface area contributed by atoms with Crippen LogP contribution in [0.1, 0.15) is 38.8 Å². The minimum Gasteiger partial charge on any atom is -0.474 e. The predicted octanol–water partition coefficient (Wildman–Crippen LogP) is 2.25. The van der Waals surface area contributed by atoms with Crippen LogP contribution in [0.3, 0.4) is 0 Å². The van der Waals surface area contributed by atoms with E-state index in [-0.39, 0.29) is 6.10 Å². The molecule has 1 aromatic heterocycles. The highest BCUT2D eigenvalue weighted by Gasteiger charge is 2.11. The summed E-state index contributed by atoms with van der Waals surface area (Å²) in [6.07, 6.45) is 7.68. The molecule has 2 heterocycles. The molecule has 1 aliphatic heterocycles. The third kappa shape index (κ3) is 3.97. The fraction of sp³-hybridized carbons (Fsp3) is 0.692. The molecule has 1 fully saturated rings. The summed E-state index contributed by atoms with van der Waals surface area (Å²) >= 11 is 0. The maximum absolute atomic E-state index is 5.47. The van der Waals surface area contributed by atoms with Gasteiger partial charge in [0.05, 0.1) is 24.2 Å². The Labute approximate surface area is 103 Å². The number of likely N-dealkylation sites (tertiary alicyclic amines) is 1. The minimum atomic E-state index is 0.150. The number of nitrogens with zero attached hydrogens (tertiary/aromatic N) is 3. The zero-order chi connectivity index (χ0) is 12.1. The molecule has 1 saturated heterocycles. The van der Waals surface area contributed by atoms with E-state index in [1.807, 2.05) is 20.0 Å². The van der Waals surface area contributed by atoms with Crippen LogP contribution in [0.2, 0.25) is 0 Å². The van der Waals surface area contributed by atoms with Crippen LogP contribution in [-0.2, 0) is 6.54 Å². The lowest BCUT2D eigenvalue weighted by atomic mass is 10.1. The Bertz CT molecular complexity index is 331. The Hall–Kier alpha value is -1.16. The third-order valence-electron chi connectivity index (χ3n) is 2.87. The molecular formula is C13H21N3O.